The van der Waals surface area contributed by atoms with E-state index in [2.05, 4.69) is 67.4 Å². The average molecular weight is 758 g/mol. The molecule has 7 nitrogen and oxygen atoms in total. The maximum absolute atomic E-state index is 13.0. The van der Waals surface area contributed by atoms with Crippen LogP contribution in [0.3, 0.4) is 0 Å². The summed E-state index contributed by atoms with van der Waals surface area (Å²) in [6.45, 7) is 8.34. The van der Waals surface area contributed by atoms with Crippen LogP contribution in [0.1, 0.15) is 181 Å². The molecule has 0 aliphatic carbocycles. The Balaban J connectivity index is 2.27. The molecule has 3 unspecified atom stereocenters. The van der Waals surface area contributed by atoms with Crippen molar-refractivity contribution >= 4 is 11.9 Å². The summed E-state index contributed by atoms with van der Waals surface area (Å²) >= 11 is 0. The van der Waals surface area contributed by atoms with Crippen LogP contribution < -0.4 is 0 Å². The highest BCUT2D eigenvalue weighted by Gasteiger charge is 2.40. The first-order valence-corrected chi connectivity index (χ1v) is 22.2. The van der Waals surface area contributed by atoms with E-state index in [0.717, 1.165) is 77.2 Å². The molecular formula is C47H83NO6. The van der Waals surface area contributed by atoms with Crippen molar-refractivity contribution in [1.29, 1.82) is 0 Å². The lowest BCUT2D eigenvalue weighted by Crippen LogP contribution is -2.35. The first-order chi connectivity index (χ1) is 26.3. The fourth-order valence-corrected chi connectivity index (χ4v) is 6.69. The number of esters is 2. The lowest BCUT2D eigenvalue weighted by Gasteiger charge is -2.24. The summed E-state index contributed by atoms with van der Waals surface area (Å²) < 4.78 is 17.2. The number of aliphatic hydroxyl groups is 1. The third-order valence-corrected chi connectivity index (χ3v) is 10.3. The molecule has 312 valence electrons. The normalized spacial score (nSPS) is 17.8. The number of allylic oxidation sites excluding steroid dienone is 8. The van der Waals surface area contributed by atoms with Gasteiger partial charge in [0.2, 0.25) is 0 Å². The van der Waals surface area contributed by atoms with Crippen molar-refractivity contribution < 1.29 is 28.9 Å². The molecule has 0 spiro atoms. The van der Waals surface area contributed by atoms with Crippen molar-refractivity contribution in [3.63, 3.8) is 0 Å². The van der Waals surface area contributed by atoms with Gasteiger partial charge in [-0.3, -0.25) is 9.59 Å². The quantitative estimate of drug-likeness (QED) is 0.0295. The van der Waals surface area contributed by atoms with Crippen LogP contribution >= 0.6 is 0 Å². The van der Waals surface area contributed by atoms with Crippen molar-refractivity contribution in [2.45, 2.75) is 188 Å². The van der Waals surface area contributed by atoms with Crippen molar-refractivity contribution in [2.75, 3.05) is 40.0 Å². The molecule has 0 aromatic heterocycles. The molecule has 1 rings (SSSR count). The smallest absolute Gasteiger partial charge is 0.313 e. The Hall–Kier alpha value is -2.22. The van der Waals surface area contributed by atoms with Gasteiger partial charge in [-0.1, -0.05) is 127 Å². The molecule has 1 aliphatic rings. The minimum Gasteiger partial charge on any atom is -0.465 e. The molecule has 7 heteroatoms. The van der Waals surface area contributed by atoms with E-state index in [1.54, 1.807) is 0 Å². The first kappa shape index (κ1) is 49.8. The van der Waals surface area contributed by atoms with E-state index in [9.17, 15) is 14.7 Å². The Morgan fingerprint density at radius 3 is 1.65 bits per heavy atom. The zero-order valence-electron chi connectivity index (χ0n) is 35.4. The molecule has 1 fully saturated rings. The number of ether oxygens (including phenoxy) is 3. The Morgan fingerprint density at radius 2 is 1.13 bits per heavy atom. The molecule has 0 aromatic carbocycles. The monoisotopic (exact) mass is 758 g/mol. The third kappa shape index (κ3) is 29.1. The molecule has 1 aliphatic heterocycles. The Labute approximate surface area is 332 Å². The van der Waals surface area contributed by atoms with Crippen molar-refractivity contribution in [1.82, 2.24) is 4.90 Å². The summed E-state index contributed by atoms with van der Waals surface area (Å²) in [5, 5.41) is 10.5. The van der Waals surface area contributed by atoms with E-state index in [1.165, 1.54) is 77.0 Å². The SMILES string of the molecule is CCCCC/C=C\C/C=C\CCCCCCCC(=O)OCC(COC(=O)C1(C)CCN(C)C1)COC(O)CCCCCCC/C=C\C/C=C\CCCCC. The largest absolute Gasteiger partial charge is 0.465 e. The molecule has 0 bridgehead atoms. The van der Waals surface area contributed by atoms with Crippen LogP contribution in [0.2, 0.25) is 0 Å². The predicted octanol–water partition coefficient (Wildman–Crippen LogP) is 12.0. The Morgan fingerprint density at radius 1 is 0.648 bits per heavy atom. The van der Waals surface area contributed by atoms with E-state index in [1.807, 2.05) is 14.0 Å². The number of hydrogen-bond acceptors (Lipinski definition) is 7. The lowest BCUT2D eigenvalue weighted by atomic mass is 9.90. The molecule has 3 atom stereocenters. The molecule has 1 saturated heterocycles. The Kier molecular flexibility index (Phi) is 32.5. The van der Waals surface area contributed by atoms with Crippen molar-refractivity contribution in [2.24, 2.45) is 11.3 Å². The number of unbranched alkanes of at least 4 members (excludes halogenated alkanes) is 16. The van der Waals surface area contributed by atoms with Crippen LogP contribution in [-0.2, 0) is 23.8 Å². The van der Waals surface area contributed by atoms with Crippen LogP contribution in [0.4, 0.5) is 0 Å². The van der Waals surface area contributed by atoms with Crippen LogP contribution in [0.5, 0.6) is 0 Å². The van der Waals surface area contributed by atoms with Gasteiger partial charge in [-0.05, 0) is 110 Å². The average Bonchev–Trinajstić information content (AvgIpc) is 3.53. The highest BCUT2D eigenvalue weighted by atomic mass is 16.6. The number of likely N-dealkylation sites (tertiary alicyclic amines) is 1. The number of hydrogen-bond donors (Lipinski definition) is 1. The third-order valence-electron chi connectivity index (χ3n) is 10.3. The molecule has 1 N–H and O–H groups in total. The van der Waals surface area contributed by atoms with Gasteiger partial charge in [0.25, 0.3) is 0 Å². The van der Waals surface area contributed by atoms with Gasteiger partial charge in [-0.15, -0.1) is 0 Å². The lowest BCUT2D eigenvalue weighted by molar-refractivity contribution is -0.162. The van der Waals surface area contributed by atoms with Crippen LogP contribution in [0.15, 0.2) is 48.6 Å². The minimum absolute atomic E-state index is 0.103. The van der Waals surface area contributed by atoms with Crippen molar-refractivity contribution in [3.05, 3.63) is 48.6 Å². The second-order valence-corrected chi connectivity index (χ2v) is 16.0. The van der Waals surface area contributed by atoms with Gasteiger partial charge in [-0.25, -0.2) is 0 Å². The Bertz CT molecular complexity index is 1020. The predicted molar refractivity (Wildman–Crippen MR) is 226 cm³/mol. The first-order valence-electron chi connectivity index (χ1n) is 22.2. The van der Waals surface area contributed by atoms with Gasteiger partial charge in [0.1, 0.15) is 0 Å². The summed E-state index contributed by atoms with van der Waals surface area (Å²) in [6.07, 6.45) is 44.3. The topological polar surface area (TPSA) is 85.3 Å². The molecule has 0 saturated carbocycles. The van der Waals surface area contributed by atoms with Gasteiger partial charge in [0, 0.05) is 13.0 Å². The summed E-state index contributed by atoms with van der Waals surface area (Å²) in [5.74, 6) is -0.782. The number of rotatable bonds is 36. The number of nitrogens with zero attached hydrogens (tertiary/aromatic N) is 1. The van der Waals surface area contributed by atoms with Gasteiger partial charge >= 0.3 is 11.9 Å². The summed E-state index contributed by atoms with van der Waals surface area (Å²) in [5.41, 5.74) is -0.529. The van der Waals surface area contributed by atoms with E-state index >= 15 is 0 Å². The van der Waals surface area contributed by atoms with E-state index in [-0.39, 0.29) is 37.7 Å². The fourth-order valence-electron chi connectivity index (χ4n) is 6.69. The molecule has 0 radical (unpaired) electrons. The minimum atomic E-state index is -0.884. The van der Waals surface area contributed by atoms with Gasteiger partial charge in [-0.2, -0.15) is 0 Å². The van der Waals surface area contributed by atoms with E-state index in [4.69, 9.17) is 14.2 Å². The van der Waals surface area contributed by atoms with Gasteiger partial charge < -0.3 is 24.2 Å². The van der Waals surface area contributed by atoms with E-state index in [0.29, 0.717) is 19.4 Å². The summed E-state index contributed by atoms with van der Waals surface area (Å²) in [6, 6.07) is 0. The van der Waals surface area contributed by atoms with Crippen LogP contribution in [-0.4, -0.2) is 68.2 Å². The number of carbonyl (C=O) groups is 2. The molecule has 0 aromatic rings. The maximum Gasteiger partial charge on any atom is 0.313 e. The fraction of sp³-hybridized carbons (Fsp3) is 0.787. The molecule has 54 heavy (non-hydrogen) atoms. The number of carbonyl (C=O) groups excluding carboxylic acids is 2. The van der Waals surface area contributed by atoms with Crippen molar-refractivity contribution in [3.8, 4) is 0 Å². The zero-order valence-corrected chi connectivity index (χ0v) is 35.4. The van der Waals surface area contributed by atoms with Gasteiger partial charge in [0.15, 0.2) is 6.29 Å². The molecule has 0 amide bonds. The summed E-state index contributed by atoms with van der Waals surface area (Å²) in [7, 11) is 2.01. The molecule has 1 heterocycles. The zero-order chi connectivity index (χ0) is 39.4. The maximum atomic E-state index is 13.0. The molecular weight excluding hydrogens is 675 g/mol. The van der Waals surface area contributed by atoms with Crippen LogP contribution in [0, 0.1) is 11.3 Å². The standard InChI is InChI=1S/C47H83NO6/c1-5-7-9-11-13-15-17-19-21-23-25-27-29-31-33-35-44(49)52-39-43(41-54-46(51)47(3)37-38-48(4)42-47)40-53-45(50)36-34-32-30-28-26-24-22-20-18-16-14-12-10-8-6-2/h13-16,19-22,43-44,49H,5-12,17-18,23-42H2,1-4H3/b15-13-,16-14-,21-19-,22-20-. The van der Waals surface area contributed by atoms with E-state index < -0.39 is 11.7 Å². The summed E-state index contributed by atoms with van der Waals surface area (Å²) in [4.78, 5) is 27.7. The van der Waals surface area contributed by atoms with Crippen LogP contribution in [0.25, 0.3) is 0 Å². The highest BCUT2D eigenvalue weighted by molar-refractivity contribution is 5.77. The number of aliphatic hydroxyl groups excluding tert-OH is 1. The van der Waals surface area contributed by atoms with Gasteiger partial charge in [0.05, 0.1) is 31.2 Å². The highest BCUT2D eigenvalue weighted by Crippen LogP contribution is 2.30. The second kappa shape index (κ2) is 35.2. The second-order valence-electron chi connectivity index (χ2n) is 16.0.